The van der Waals surface area contributed by atoms with Crippen molar-refractivity contribution in [1.82, 2.24) is 29.5 Å². The average molecular weight is 393 g/mol. The summed E-state index contributed by atoms with van der Waals surface area (Å²) >= 11 is 0. The van der Waals surface area contributed by atoms with Crippen molar-refractivity contribution in [2.45, 2.75) is 13.0 Å². The number of hydrogen-bond acceptors (Lipinski definition) is 7. The Kier molecular flexibility index (Phi) is 5.66. The van der Waals surface area contributed by atoms with Crippen LogP contribution in [-0.2, 0) is 18.3 Å². The Morgan fingerprint density at radius 2 is 2.03 bits per heavy atom. The van der Waals surface area contributed by atoms with Gasteiger partial charge in [0.1, 0.15) is 5.75 Å². The quantitative estimate of drug-likeness (QED) is 0.437. The number of ether oxygens (including phenoxy) is 2. The zero-order valence-electron chi connectivity index (χ0n) is 16.4. The van der Waals surface area contributed by atoms with Gasteiger partial charge in [-0.25, -0.2) is 9.67 Å². The Morgan fingerprint density at radius 3 is 2.86 bits per heavy atom. The molecule has 150 valence electrons. The fourth-order valence-corrected chi connectivity index (χ4v) is 2.96. The summed E-state index contributed by atoms with van der Waals surface area (Å²) in [5.74, 6) is 1.34. The van der Waals surface area contributed by atoms with Crippen molar-refractivity contribution >= 4 is 22.7 Å². The first kappa shape index (κ1) is 18.9. The van der Waals surface area contributed by atoms with E-state index in [0.717, 1.165) is 34.5 Å². The third-order valence-corrected chi connectivity index (χ3v) is 4.33. The highest BCUT2D eigenvalue weighted by Gasteiger charge is 2.09. The van der Waals surface area contributed by atoms with E-state index < -0.39 is 0 Å². The maximum Gasteiger partial charge on any atom is 0.229 e. The van der Waals surface area contributed by atoms with Crippen molar-refractivity contribution in [2.24, 2.45) is 7.05 Å². The van der Waals surface area contributed by atoms with Gasteiger partial charge in [0.15, 0.2) is 5.65 Å². The lowest BCUT2D eigenvalue weighted by Crippen LogP contribution is -2.05. The maximum atomic E-state index is 5.79. The number of hydrogen-bond donors (Lipinski definition) is 1. The van der Waals surface area contributed by atoms with Gasteiger partial charge >= 0.3 is 0 Å². The SMILES string of the molecule is COCCCOc1cccc(Cn2ncc3cnc(Nc4cnn(C)c4)nc32)c1. The molecule has 29 heavy (non-hydrogen) atoms. The molecular formula is C20H23N7O2. The fraction of sp³-hybridized carbons (Fsp3) is 0.300. The Labute approximate surface area is 168 Å². The first-order valence-corrected chi connectivity index (χ1v) is 9.36. The summed E-state index contributed by atoms with van der Waals surface area (Å²) in [5.41, 5.74) is 2.67. The van der Waals surface area contributed by atoms with Gasteiger partial charge < -0.3 is 14.8 Å². The number of rotatable bonds is 9. The van der Waals surface area contributed by atoms with Crippen LogP contribution in [0.1, 0.15) is 12.0 Å². The molecule has 0 aliphatic rings. The molecule has 0 saturated carbocycles. The summed E-state index contributed by atoms with van der Waals surface area (Å²) in [6, 6.07) is 8.01. The predicted molar refractivity (Wildman–Crippen MR) is 109 cm³/mol. The van der Waals surface area contributed by atoms with Gasteiger partial charge in [0.25, 0.3) is 0 Å². The fourth-order valence-electron chi connectivity index (χ4n) is 2.96. The van der Waals surface area contributed by atoms with E-state index in [1.54, 1.807) is 30.4 Å². The summed E-state index contributed by atoms with van der Waals surface area (Å²) in [6.07, 6.45) is 7.98. The molecule has 0 amide bonds. The molecule has 9 heteroatoms. The lowest BCUT2D eigenvalue weighted by atomic mass is 10.2. The molecule has 4 aromatic rings. The first-order chi connectivity index (χ1) is 14.2. The van der Waals surface area contributed by atoms with Gasteiger partial charge in [-0.2, -0.15) is 15.2 Å². The van der Waals surface area contributed by atoms with Crippen LogP contribution < -0.4 is 10.1 Å². The van der Waals surface area contributed by atoms with Crippen molar-refractivity contribution in [3.05, 3.63) is 54.6 Å². The van der Waals surface area contributed by atoms with Gasteiger partial charge in [0, 0.05) is 39.6 Å². The third kappa shape index (κ3) is 4.69. The van der Waals surface area contributed by atoms with Crippen LogP contribution in [0, 0.1) is 0 Å². The lowest BCUT2D eigenvalue weighted by molar-refractivity contribution is 0.172. The molecule has 1 aromatic carbocycles. The van der Waals surface area contributed by atoms with Crippen molar-refractivity contribution < 1.29 is 9.47 Å². The highest BCUT2D eigenvalue weighted by molar-refractivity contribution is 5.75. The number of nitrogens with one attached hydrogen (secondary N) is 1. The largest absolute Gasteiger partial charge is 0.493 e. The lowest BCUT2D eigenvalue weighted by Gasteiger charge is -2.09. The molecule has 0 aliphatic carbocycles. The number of aryl methyl sites for hydroxylation is 1. The van der Waals surface area contributed by atoms with E-state index in [2.05, 4.69) is 25.5 Å². The van der Waals surface area contributed by atoms with Crippen LogP contribution in [0.15, 0.2) is 49.1 Å². The number of aromatic nitrogens is 6. The summed E-state index contributed by atoms with van der Waals surface area (Å²) in [5, 5.41) is 12.7. The van der Waals surface area contributed by atoms with Gasteiger partial charge in [-0.15, -0.1) is 0 Å². The molecule has 3 aromatic heterocycles. The van der Waals surface area contributed by atoms with Crippen molar-refractivity contribution in [2.75, 3.05) is 25.6 Å². The van der Waals surface area contributed by atoms with E-state index in [4.69, 9.17) is 9.47 Å². The number of fused-ring (bicyclic) bond motifs is 1. The second-order valence-corrected chi connectivity index (χ2v) is 6.64. The normalized spacial score (nSPS) is 11.1. The highest BCUT2D eigenvalue weighted by atomic mass is 16.5. The molecule has 0 saturated heterocycles. The second kappa shape index (κ2) is 8.70. The van der Waals surface area contributed by atoms with Gasteiger partial charge in [-0.1, -0.05) is 12.1 Å². The highest BCUT2D eigenvalue weighted by Crippen LogP contribution is 2.19. The van der Waals surface area contributed by atoms with E-state index in [1.165, 1.54) is 0 Å². The standard InChI is InChI=1S/C20H23N7O2/c1-26-14-17(12-22-26)24-20-21-10-16-11-23-27(19(16)25-20)13-15-5-3-6-18(9-15)29-8-4-7-28-2/h3,5-6,9-12,14H,4,7-8,13H2,1-2H3,(H,21,24,25). The summed E-state index contributed by atoms with van der Waals surface area (Å²) in [4.78, 5) is 8.98. The molecule has 3 heterocycles. The number of anilines is 2. The van der Waals surface area contributed by atoms with Crippen LogP contribution >= 0.6 is 0 Å². The Hall–Kier alpha value is -3.46. The molecule has 0 fully saturated rings. The topological polar surface area (TPSA) is 91.9 Å². The average Bonchev–Trinajstić information content (AvgIpc) is 3.31. The van der Waals surface area contributed by atoms with Crippen LogP contribution in [-0.4, -0.2) is 49.9 Å². The second-order valence-electron chi connectivity index (χ2n) is 6.64. The number of nitrogens with zero attached hydrogens (tertiary/aromatic N) is 6. The van der Waals surface area contributed by atoms with Crippen LogP contribution in [0.25, 0.3) is 11.0 Å². The summed E-state index contributed by atoms with van der Waals surface area (Å²) < 4.78 is 14.4. The summed E-state index contributed by atoms with van der Waals surface area (Å²) in [7, 11) is 3.55. The van der Waals surface area contributed by atoms with Gasteiger partial charge in [0.2, 0.25) is 5.95 Å². The zero-order valence-corrected chi connectivity index (χ0v) is 16.4. The molecule has 0 radical (unpaired) electrons. The Balaban J connectivity index is 1.49. The van der Waals surface area contributed by atoms with E-state index in [9.17, 15) is 0 Å². The Morgan fingerprint density at radius 1 is 1.10 bits per heavy atom. The van der Waals surface area contributed by atoms with Crippen molar-refractivity contribution in [1.29, 1.82) is 0 Å². The first-order valence-electron chi connectivity index (χ1n) is 9.36. The molecular weight excluding hydrogens is 370 g/mol. The van der Waals surface area contributed by atoms with Crippen LogP contribution in [0.2, 0.25) is 0 Å². The van der Waals surface area contributed by atoms with Crippen LogP contribution in [0.5, 0.6) is 5.75 Å². The third-order valence-electron chi connectivity index (χ3n) is 4.33. The van der Waals surface area contributed by atoms with Crippen LogP contribution in [0.4, 0.5) is 11.6 Å². The minimum Gasteiger partial charge on any atom is -0.493 e. The van der Waals surface area contributed by atoms with Gasteiger partial charge in [-0.3, -0.25) is 4.68 Å². The predicted octanol–water partition coefficient (Wildman–Crippen LogP) is 2.77. The zero-order chi connectivity index (χ0) is 20.1. The van der Waals surface area contributed by atoms with Crippen LogP contribution in [0.3, 0.4) is 0 Å². The van der Waals surface area contributed by atoms with Gasteiger partial charge in [-0.05, 0) is 17.7 Å². The molecule has 0 atom stereocenters. The molecule has 9 nitrogen and oxygen atoms in total. The van der Waals surface area contributed by atoms with Gasteiger partial charge in [0.05, 0.1) is 36.6 Å². The minimum atomic E-state index is 0.502. The monoisotopic (exact) mass is 393 g/mol. The maximum absolute atomic E-state index is 5.79. The number of benzene rings is 1. The molecule has 1 N–H and O–H groups in total. The van der Waals surface area contributed by atoms with E-state index >= 15 is 0 Å². The molecule has 0 spiro atoms. The number of methoxy groups -OCH3 is 1. The van der Waals surface area contributed by atoms with Crippen molar-refractivity contribution in [3.63, 3.8) is 0 Å². The van der Waals surface area contributed by atoms with E-state index in [0.29, 0.717) is 25.7 Å². The summed E-state index contributed by atoms with van der Waals surface area (Å²) in [6.45, 7) is 1.90. The molecule has 0 bridgehead atoms. The smallest absolute Gasteiger partial charge is 0.229 e. The van der Waals surface area contributed by atoms with E-state index in [-0.39, 0.29) is 0 Å². The molecule has 4 rings (SSSR count). The molecule has 0 unspecified atom stereocenters. The van der Waals surface area contributed by atoms with E-state index in [1.807, 2.05) is 42.2 Å². The minimum absolute atomic E-state index is 0.502. The Bertz CT molecular complexity index is 1090. The molecule has 0 aliphatic heterocycles. The van der Waals surface area contributed by atoms with Crippen molar-refractivity contribution in [3.8, 4) is 5.75 Å².